The first-order valence-corrected chi connectivity index (χ1v) is 9.51. The SMILES string of the molecule is COc1cc(OCc2ccccc2)c([C@H](CC#N)N2CCNCC2)cc1OC.Cl.Cl. The van der Waals surface area contributed by atoms with Crippen LogP contribution in [0.5, 0.6) is 17.2 Å². The predicted octanol–water partition coefficient (Wildman–Crippen LogP) is 3.99. The molecule has 1 aliphatic rings. The van der Waals surface area contributed by atoms with Crippen LogP contribution in [0.25, 0.3) is 0 Å². The van der Waals surface area contributed by atoms with E-state index in [-0.39, 0.29) is 30.9 Å². The lowest BCUT2D eigenvalue weighted by Gasteiger charge is -2.35. The molecule has 0 bridgehead atoms. The van der Waals surface area contributed by atoms with Crippen molar-refractivity contribution < 1.29 is 14.2 Å². The van der Waals surface area contributed by atoms with Gasteiger partial charge in [0.05, 0.1) is 32.8 Å². The van der Waals surface area contributed by atoms with Crippen molar-refractivity contribution in [3.8, 4) is 23.3 Å². The number of hydrogen-bond acceptors (Lipinski definition) is 6. The van der Waals surface area contributed by atoms with E-state index in [9.17, 15) is 5.26 Å². The molecule has 0 saturated carbocycles. The molecule has 6 nitrogen and oxygen atoms in total. The predicted molar refractivity (Wildman–Crippen MR) is 122 cm³/mol. The van der Waals surface area contributed by atoms with E-state index in [0.717, 1.165) is 43.1 Å². The molecular weight excluding hydrogens is 425 g/mol. The van der Waals surface area contributed by atoms with Gasteiger partial charge in [0.15, 0.2) is 11.5 Å². The third-order valence-electron chi connectivity index (χ3n) is 4.99. The van der Waals surface area contributed by atoms with Crippen molar-refractivity contribution in [2.75, 3.05) is 40.4 Å². The maximum absolute atomic E-state index is 9.47. The molecule has 1 aliphatic heterocycles. The zero-order chi connectivity index (χ0) is 19.8. The highest BCUT2D eigenvalue weighted by Crippen LogP contribution is 2.40. The molecule has 0 amide bonds. The zero-order valence-corrected chi connectivity index (χ0v) is 18.9. The van der Waals surface area contributed by atoms with Crippen LogP contribution in [0.2, 0.25) is 0 Å². The fourth-order valence-corrected chi connectivity index (χ4v) is 3.51. The third-order valence-corrected chi connectivity index (χ3v) is 4.99. The first-order chi connectivity index (χ1) is 13.8. The Kier molecular flexibility index (Phi) is 11.4. The van der Waals surface area contributed by atoms with Gasteiger partial charge >= 0.3 is 0 Å². The van der Waals surface area contributed by atoms with Crippen molar-refractivity contribution in [2.24, 2.45) is 0 Å². The Morgan fingerprint density at radius 1 is 1.00 bits per heavy atom. The molecule has 0 aliphatic carbocycles. The van der Waals surface area contributed by atoms with Crippen LogP contribution < -0.4 is 19.5 Å². The van der Waals surface area contributed by atoms with Gasteiger partial charge in [-0.2, -0.15) is 5.26 Å². The number of rotatable bonds is 8. The Morgan fingerprint density at radius 2 is 1.63 bits per heavy atom. The largest absolute Gasteiger partial charge is 0.493 e. The molecule has 164 valence electrons. The molecule has 2 aromatic carbocycles. The van der Waals surface area contributed by atoms with Crippen LogP contribution in [0.15, 0.2) is 42.5 Å². The van der Waals surface area contributed by atoms with Gasteiger partial charge in [-0.1, -0.05) is 30.3 Å². The Labute approximate surface area is 190 Å². The molecule has 1 atom stereocenters. The highest BCUT2D eigenvalue weighted by atomic mass is 35.5. The van der Waals surface area contributed by atoms with Gasteiger partial charge in [0.1, 0.15) is 12.4 Å². The molecule has 1 N–H and O–H groups in total. The number of nitriles is 1. The minimum absolute atomic E-state index is 0. The monoisotopic (exact) mass is 453 g/mol. The van der Waals surface area contributed by atoms with Crippen molar-refractivity contribution in [2.45, 2.75) is 19.1 Å². The summed E-state index contributed by atoms with van der Waals surface area (Å²) in [6.07, 6.45) is 0.386. The number of nitrogens with one attached hydrogen (secondary N) is 1. The van der Waals surface area contributed by atoms with Gasteiger partial charge in [-0.25, -0.2) is 0 Å². The highest BCUT2D eigenvalue weighted by Gasteiger charge is 2.27. The van der Waals surface area contributed by atoms with Crippen molar-refractivity contribution >= 4 is 24.8 Å². The molecule has 30 heavy (non-hydrogen) atoms. The first kappa shape index (κ1) is 25.9. The van der Waals surface area contributed by atoms with Crippen molar-refractivity contribution in [1.82, 2.24) is 10.2 Å². The highest BCUT2D eigenvalue weighted by molar-refractivity contribution is 5.85. The molecule has 0 unspecified atom stereocenters. The summed E-state index contributed by atoms with van der Waals surface area (Å²) in [5, 5.41) is 12.8. The van der Waals surface area contributed by atoms with Gasteiger partial charge in [-0.3, -0.25) is 4.90 Å². The Bertz CT molecular complexity index is 809. The molecule has 2 aromatic rings. The van der Waals surface area contributed by atoms with Crippen LogP contribution in [0.3, 0.4) is 0 Å². The van der Waals surface area contributed by atoms with E-state index < -0.39 is 0 Å². The van der Waals surface area contributed by atoms with Crippen molar-refractivity contribution in [1.29, 1.82) is 5.26 Å². The summed E-state index contributed by atoms with van der Waals surface area (Å²) in [6.45, 7) is 4.05. The molecular formula is C22H29Cl2N3O3. The smallest absolute Gasteiger partial charge is 0.164 e. The van der Waals surface area contributed by atoms with E-state index in [2.05, 4.69) is 16.3 Å². The van der Waals surface area contributed by atoms with Gasteiger partial charge in [-0.15, -0.1) is 24.8 Å². The molecule has 0 spiro atoms. The van der Waals surface area contributed by atoms with Gasteiger partial charge in [0, 0.05) is 37.8 Å². The van der Waals surface area contributed by atoms with Gasteiger partial charge in [0.2, 0.25) is 0 Å². The number of methoxy groups -OCH3 is 2. The summed E-state index contributed by atoms with van der Waals surface area (Å²) < 4.78 is 17.2. The fourth-order valence-electron chi connectivity index (χ4n) is 3.51. The Balaban J connectivity index is 0.00000225. The topological polar surface area (TPSA) is 66.8 Å². The molecule has 1 saturated heterocycles. The summed E-state index contributed by atoms with van der Waals surface area (Å²) in [6, 6.07) is 16.1. The number of halogens is 2. The standard InChI is InChI=1S/C22H27N3O3.2ClH/c1-26-21-14-18(19(8-9-23)25-12-10-24-11-13-25)20(15-22(21)27-2)28-16-17-6-4-3-5-7-17;;/h3-7,14-15,19,24H,8,10-13,16H2,1-2H3;2*1H/t19-;;/m0../s1. The average Bonchev–Trinajstić information content (AvgIpc) is 2.77. The number of nitrogens with zero attached hydrogens (tertiary/aromatic N) is 2. The first-order valence-electron chi connectivity index (χ1n) is 9.51. The minimum atomic E-state index is -0.0577. The lowest BCUT2D eigenvalue weighted by Crippen LogP contribution is -2.45. The summed E-state index contributed by atoms with van der Waals surface area (Å²) in [7, 11) is 3.23. The van der Waals surface area contributed by atoms with Gasteiger partial charge < -0.3 is 19.5 Å². The van der Waals surface area contributed by atoms with Crippen molar-refractivity contribution in [3.05, 3.63) is 53.6 Å². The maximum atomic E-state index is 9.47. The molecule has 0 aromatic heterocycles. The number of hydrogen-bond donors (Lipinski definition) is 1. The second-order valence-electron chi connectivity index (χ2n) is 6.68. The van der Waals surface area contributed by atoms with Crippen LogP contribution in [0, 0.1) is 11.3 Å². The van der Waals surface area contributed by atoms with E-state index in [0.29, 0.717) is 24.5 Å². The second-order valence-corrected chi connectivity index (χ2v) is 6.68. The minimum Gasteiger partial charge on any atom is -0.493 e. The number of piperazine rings is 1. The Morgan fingerprint density at radius 3 is 2.23 bits per heavy atom. The zero-order valence-electron chi connectivity index (χ0n) is 17.3. The fraction of sp³-hybridized carbons (Fsp3) is 0.409. The number of ether oxygens (including phenoxy) is 3. The summed E-state index contributed by atoms with van der Waals surface area (Å²) in [5.41, 5.74) is 2.04. The molecule has 1 heterocycles. The molecule has 8 heteroatoms. The van der Waals surface area contributed by atoms with Crippen LogP contribution in [0.4, 0.5) is 0 Å². The van der Waals surface area contributed by atoms with E-state index in [1.165, 1.54) is 0 Å². The number of benzene rings is 2. The lowest BCUT2D eigenvalue weighted by molar-refractivity contribution is 0.170. The van der Waals surface area contributed by atoms with Crippen LogP contribution in [-0.4, -0.2) is 45.3 Å². The summed E-state index contributed by atoms with van der Waals surface area (Å²) >= 11 is 0. The van der Waals surface area contributed by atoms with E-state index in [1.807, 2.05) is 42.5 Å². The van der Waals surface area contributed by atoms with E-state index >= 15 is 0 Å². The quantitative estimate of drug-likeness (QED) is 0.651. The van der Waals surface area contributed by atoms with Gasteiger partial charge in [-0.05, 0) is 11.6 Å². The lowest BCUT2D eigenvalue weighted by atomic mass is 9.99. The summed E-state index contributed by atoms with van der Waals surface area (Å²) in [5.74, 6) is 1.98. The van der Waals surface area contributed by atoms with Gasteiger partial charge in [0.25, 0.3) is 0 Å². The van der Waals surface area contributed by atoms with Crippen molar-refractivity contribution in [3.63, 3.8) is 0 Å². The molecule has 0 radical (unpaired) electrons. The van der Waals surface area contributed by atoms with Crippen LogP contribution in [-0.2, 0) is 6.61 Å². The Hall–Kier alpha value is -2.17. The average molecular weight is 454 g/mol. The molecule has 3 rings (SSSR count). The van der Waals surface area contributed by atoms with Crippen LogP contribution in [0.1, 0.15) is 23.6 Å². The third kappa shape index (κ3) is 6.41. The van der Waals surface area contributed by atoms with Crippen LogP contribution >= 0.6 is 24.8 Å². The second kappa shape index (κ2) is 13.2. The van der Waals surface area contributed by atoms with E-state index in [1.54, 1.807) is 14.2 Å². The molecule has 1 fully saturated rings. The maximum Gasteiger partial charge on any atom is 0.164 e. The normalized spacial score (nSPS) is 14.4. The van der Waals surface area contributed by atoms with E-state index in [4.69, 9.17) is 14.2 Å². The summed E-state index contributed by atoms with van der Waals surface area (Å²) in [4.78, 5) is 2.33.